The van der Waals surface area contributed by atoms with Crippen molar-refractivity contribution in [3.8, 4) is 0 Å². The lowest BCUT2D eigenvalue weighted by molar-refractivity contribution is 0.643. The van der Waals surface area contributed by atoms with Crippen molar-refractivity contribution in [2.24, 2.45) is 4.99 Å². The summed E-state index contributed by atoms with van der Waals surface area (Å²) in [4.78, 5) is 14.8. The third-order valence-electron chi connectivity index (χ3n) is 2.09. The maximum absolute atomic E-state index is 4.33. The van der Waals surface area contributed by atoms with Gasteiger partial charge in [-0.15, -0.1) is 0 Å². The Labute approximate surface area is 93.4 Å². The Hall–Kier alpha value is -1.98. The number of aryl methyl sites for hydroxylation is 2. The molecule has 1 N–H and O–H groups in total. The molecule has 0 aliphatic carbocycles. The van der Waals surface area contributed by atoms with Crippen molar-refractivity contribution in [1.29, 1.82) is 0 Å². The fraction of sp³-hybridized carbons (Fsp3) is 0.400. The quantitative estimate of drug-likeness (QED) is 0.607. The van der Waals surface area contributed by atoms with E-state index in [1.165, 1.54) is 0 Å². The van der Waals surface area contributed by atoms with Gasteiger partial charge < -0.3 is 4.90 Å². The number of aromatic nitrogens is 4. The topological polar surface area (TPSA) is 70.1 Å². The summed E-state index contributed by atoms with van der Waals surface area (Å²) in [5.74, 6) is 1.32. The summed E-state index contributed by atoms with van der Waals surface area (Å²) in [5, 5.41) is 7.01. The van der Waals surface area contributed by atoms with Crippen LogP contribution < -0.4 is 0 Å². The van der Waals surface area contributed by atoms with Gasteiger partial charge in [0.15, 0.2) is 5.82 Å². The lowest BCUT2D eigenvalue weighted by Gasteiger charge is -2.02. The van der Waals surface area contributed by atoms with Gasteiger partial charge in [-0.3, -0.25) is 5.10 Å². The van der Waals surface area contributed by atoms with Crippen LogP contribution in [0.2, 0.25) is 0 Å². The summed E-state index contributed by atoms with van der Waals surface area (Å²) < 4.78 is 0. The monoisotopic (exact) mass is 218 g/mol. The van der Waals surface area contributed by atoms with Crippen LogP contribution in [0.1, 0.15) is 11.5 Å². The molecule has 0 aliphatic rings. The SMILES string of the molecule is Cc1nc(/N=C/N(C)C)c2[nH]nc(C)c2n1. The number of nitrogens with one attached hydrogen (secondary N) is 1. The number of aliphatic imine (C=N–C) groups is 1. The molecular formula is C10H14N6. The standard InChI is InChI=1S/C10H14N6/c1-6-8-9(15-14-6)10(11-5-16(3)4)13-7(2)12-8/h5H,1-4H3,(H,14,15)/b11-5+. The maximum atomic E-state index is 4.33. The molecule has 0 fully saturated rings. The van der Waals surface area contributed by atoms with Gasteiger partial charge in [-0.05, 0) is 13.8 Å². The van der Waals surface area contributed by atoms with Crippen molar-refractivity contribution >= 4 is 23.2 Å². The highest BCUT2D eigenvalue weighted by molar-refractivity contribution is 5.86. The number of hydrogen-bond donors (Lipinski definition) is 1. The van der Waals surface area contributed by atoms with E-state index in [1.54, 1.807) is 6.34 Å². The Bertz CT molecular complexity index is 539. The lowest BCUT2D eigenvalue weighted by atomic mass is 10.3. The molecule has 2 aromatic rings. The zero-order valence-corrected chi connectivity index (χ0v) is 9.81. The van der Waals surface area contributed by atoms with E-state index in [0.717, 1.165) is 16.7 Å². The molecule has 0 saturated carbocycles. The number of aromatic amines is 1. The van der Waals surface area contributed by atoms with E-state index in [-0.39, 0.29) is 0 Å². The van der Waals surface area contributed by atoms with Gasteiger partial charge >= 0.3 is 0 Å². The third-order valence-corrected chi connectivity index (χ3v) is 2.09. The molecule has 0 atom stereocenters. The largest absolute Gasteiger partial charge is 0.369 e. The predicted octanol–water partition coefficient (Wildman–Crippen LogP) is 1.19. The molecule has 0 radical (unpaired) electrons. The van der Waals surface area contributed by atoms with Gasteiger partial charge in [0, 0.05) is 14.1 Å². The minimum atomic E-state index is 0.622. The van der Waals surface area contributed by atoms with Crippen molar-refractivity contribution in [1.82, 2.24) is 25.1 Å². The summed E-state index contributed by atoms with van der Waals surface area (Å²) in [5.41, 5.74) is 2.47. The van der Waals surface area contributed by atoms with Gasteiger partial charge in [0.2, 0.25) is 0 Å². The lowest BCUT2D eigenvalue weighted by Crippen LogP contribution is -2.07. The molecular weight excluding hydrogens is 204 g/mol. The van der Waals surface area contributed by atoms with Crippen LogP contribution >= 0.6 is 0 Å². The van der Waals surface area contributed by atoms with Crippen LogP contribution in [0.25, 0.3) is 11.0 Å². The Morgan fingerprint density at radius 1 is 1.25 bits per heavy atom. The van der Waals surface area contributed by atoms with E-state index in [0.29, 0.717) is 11.6 Å². The smallest absolute Gasteiger partial charge is 0.182 e. The summed E-state index contributed by atoms with van der Waals surface area (Å²) in [6, 6.07) is 0. The fourth-order valence-electron chi connectivity index (χ4n) is 1.38. The Balaban J connectivity index is 2.59. The highest BCUT2D eigenvalue weighted by Crippen LogP contribution is 2.21. The first-order valence-corrected chi connectivity index (χ1v) is 4.98. The van der Waals surface area contributed by atoms with Crippen LogP contribution in [0.3, 0.4) is 0 Å². The molecule has 0 saturated heterocycles. The van der Waals surface area contributed by atoms with E-state index in [4.69, 9.17) is 0 Å². The van der Waals surface area contributed by atoms with Gasteiger partial charge in [-0.1, -0.05) is 0 Å². The van der Waals surface area contributed by atoms with Gasteiger partial charge in [0.1, 0.15) is 16.9 Å². The minimum Gasteiger partial charge on any atom is -0.369 e. The van der Waals surface area contributed by atoms with Crippen LogP contribution in [0.5, 0.6) is 0 Å². The summed E-state index contributed by atoms with van der Waals surface area (Å²) in [7, 11) is 3.82. The highest BCUT2D eigenvalue weighted by atomic mass is 15.2. The second-order valence-electron chi connectivity index (χ2n) is 3.84. The zero-order chi connectivity index (χ0) is 11.7. The van der Waals surface area contributed by atoms with E-state index >= 15 is 0 Å². The predicted molar refractivity (Wildman–Crippen MR) is 63.0 cm³/mol. The molecule has 84 valence electrons. The van der Waals surface area contributed by atoms with Crippen molar-refractivity contribution in [2.45, 2.75) is 13.8 Å². The van der Waals surface area contributed by atoms with Crippen molar-refractivity contribution in [3.63, 3.8) is 0 Å². The van der Waals surface area contributed by atoms with Crippen molar-refractivity contribution in [3.05, 3.63) is 11.5 Å². The van der Waals surface area contributed by atoms with E-state index in [9.17, 15) is 0 Å². The van der Waals surface area contributed by atoms with E-state index in [2.05, 4.69) is 25.2 Å². The number of fused-ring (bicyclic) bond motifs is 1. The number of rotatable bonds is 2. The minimum absolute atomic E-state index is 0.622. The number of hydrogen-bond acceptors (Lipinski definition) is 4. The first-order chi connectivity index (χ1) is 7.58. The van der Waals surface area contributed by atoms with Gasteiger partial charge in [0.25, 0.3) is 0 Å². The first kappa shape index (κ1) is 10.5. The molecule has 0 bridgehead atoms. The summed E-state index contributed by atoms with van der Waals surface area (Å²) in [6.45, 7) is 3.76. The normalized spacial score (nSPS) is 11.5. The van der Waals surface area contributed by atoms with Gasteiger partial charge in [-0.25, -0.2) is 15.0 Å². The Morgan fingerprint density at radius 2 is 2.00 bits per heavy atom. The van der Waals surface area contributed by atoms with Crippen molar-refractivity contribution < 1.29 is 0 Å². The summed E-state index contributed by atoms with van der Waals surface area (Å²) in [6.07, 6.45) is 1.71. The zero-order valence-electron chi connectivity index (χ0n) is 9.81. The molecule has 2 rings (SSSR count). The average molecular weight is 218 g/mol. The first-order valence-electron chi connectivity index (χ1n) is 4.98. The molecule has 6 heteroatoms. The van der Waals surface area contributed by atoms with Crippen LogP contribution in [-0.4, -0.2) is 45.5 Å². The summed E-state index contributed by atoms with van der Waals surface area (Å²) >= 11 is 0. The fourth-order valence-corrected chi connectivity index (χ4v) is 1.38. The third kappa shape index (κ3) is 1.86. The second kappa shape index (κ2) is 3.88. The van der Waals surface area contributed by atoms with Gasteiger partial charge in [0.05, 0.1) is 12.0 Å². The number of H-pyrrole nitrogens is 1. The Kier molecular flexibility index (Phi) is 2.55. The number of nitrogens with zero attached hydrogens (tertiary/aromatic N) is 5. The van der Waals surface area contributed by atoms with Crippen LogP contribution in [0.15, 0.2) is 4.99 Å². The van der Waals surface area contributed by atoms with E-state index < -0.39 is 0 Å². The van der Waals surface area contributed by atoms with Crippen LogP contribution in [0.4, 0.5) is 5.82 Å². The Morgan fingerprint density at radius 3 is 2.69 bits per heavy atom. The molecule has 2 heterocycles. The molecule has 0 aromatic carbocycles. The molecule has 0 amide bonds. The molecule has 0 unspecified atom stereocenters. The van der Waals surface area contributed by atoms with Gasteiger partial charge in [-0.2, -0.15) is 5.10 Å². The molecule has 0 spiro atoms. The molecule has 0 aliphatic heterocycles. The molecule has 16 heavy (non-hydrogen) atoms. The molecule has 2 aromatic heterocycles. The van der Waals surface area contributed by atoms with Crippen molar-refractivity contribution in [2.75, 3.05) is 14.1 Å². The van der Waals surface area contributed by atoms with Crippen LogP contribution in [-0.2, 0) is 0 Å². The van der Waals surface area contributed by atoms with Crippen LogP contribution in [0, 0.1) is 13.8 Å². The average Bonchev–Trinajstić information content (AvgIpc) is 2.57. The van der Waals surface area contributed by atoms with E-state index in [1.807, 2.05) is 32.8 Å². The maximum Gasteiger partial charge on any atom is 0.182 e. The molecule has 6 nitrogen and oxygen atoms in total. The highest BCUT2D eigenvalue weighted by Gasteiger charge is 2.09. The second-order valence-corrected chi connectivity index (χ2v) is 3.84.